The van der Waals surface area contributed by atoms with Crippen LogP contribution < -0.4 is 4.74 Å². The molecule has 1 aromatic rings. The summed E-state index contributed by atoms with van der Waals surface area (Å²) in [7, 11) is 1.48. The molecule has 29 heavy (non-hydrogen) atoms. The highest BCUT2D eigenvalue weighted by Gasteiger charge is 2.49. The number of esters is 1. The number of ether oxygens (including phenoxy) is 2. The van der Waals surface area contributed by atoms with Crippen molar-refractivity contribution >= 4 is 11.9 Å². The van der Waals surface area contributed by atoms with Crippen LogP contribution in [0.4, 0.5) is 13.2 Å². The van der Waals surface area contributed by atoms with Crippen molar-refractivity contribution in [2.45, 2.75) is 46.3 Å². The van der Waals surface area contributed by atoms with Gasteiger partial charge in [0, 0.05) is 12.3 Å². The van der Waals surface area contributed by atoms with Crippen molar-refractivity contribution < 1.29 is 32.2 Å². The van der Waals surface area contributed by atoms with Gasteiger partial charge in [-0.15, -0.1) is 0 Å². The van der Waals surface area contributed by atoms with Crippen LogP contribution in [0.25, 0.3) is 0 Å². The maximum atomic E-state index is 14.1. The number of carbonyl (C=O) groups excluding carboxylic acids is 2. The number of allylic oxidation sites excluding steroid dienone is 1. The molecule has 1 heterocycles. The topological polar surface area (TPSA) is 55.8 Å². The van der Waals surface area contributed by atoms with Gasteiger partial charge in [-0.2, -0.15) is 13.2 Å². The minimum Gasteiger partial charge on any atom is -0.497 e. The van der Waals surface area contributed by atoms with Crippen LogP contribution in [0.5, 0.6) is 5.75 Å². The van der Waals surface area contributed by atoms with Crippen LogP contribution in [-0.4, -0.2) is 36.7 Å². The van der Waals surface area contributed by atoms with Crippen molar-refractivity contribution in [1.29, 1.82) is 0 Å². The molecule has 1 unspecified atom stereocenters. The highest BCUT2D eigenvalue weighted by Crippen LogP contribution is 2.42. The number of hydrogen-bond acceptors (Lipinski definition) is 4. The van der Waals surface area contributed by atoms with Crippen molar-refractivity contribution in [2.75, 3.05) is 13.7 Å². The minimum absolute atomic E-state index is 0.0137. The maximum absolute atomic E-state index is 14.1. The first kappa shape index (κ1) is 22.8. The first-order valence-corrected chi connectivity index (χ1v) is 9.50. The second kappa shape index (κ2) is 9.33. The third-order valence-electron chi connectivity index (χ3n) is 4.67. The smallest absolute Gasteiger partial charge is 0.432 e. The van der Waals surface area contributed by atoms with E-state index in [-0.39, 0.29) is 31.9 Å². The average molecular weight is 413 g/mol. The lowest BCUT2D eigenvalue weighted by molar-refractivity contribution is -0.152. The quantitative estimate of drug-likeness (QED) is 0.619. The highest BCUT2D eigenvalue weighted by molar-refractivity contribution is 5.94. The van der Waals surface area contributed by atoms with Gasteiger partial charge in [-0.25, -0.2) is 4.79 Å². The predicted molar refractivity (Wildman–Crippen MR) is 101 cm³/mol. The predicted octanol–water partition coefficient (Wildman–Crippen LogP) is 4.47. The number of hydrogen-bond donors (Lipinski definition) is 0. The summed E-state index contributed by atoms with van der Waals surface area (Å²) in [6.07, 6.45) is -4.75. The number of alkyl halides is 3. The molecule has 0 aromatic heterocycles. The number of methoxy groups -OCH3 is 1. The van der Waals surface area contributed by atoms with Crippen molar-refractivity contribution in [1.82, 2.24) is 4.90 Å². The van der Waals surface area contributed by atoms with Gasteiger partial charge in [-0.05, 0) is 37.0 Å². The molecule has 0 saturated carbocycles. The summed E-state index contributed by atoms with van der Waals surface area (Å²) in [6.45, 7) is 4.87. The lowest BCUT2D eigenvalue weighted by Gasteiger charge is -2.36. The lowest BCUT2D eigenvalue weighted by Crippen LogP contribution is -2.44. The van der Waals surface area contributed by atoms with Crippen molar-refractivity contribution in [3.63, 3.8) is 0 Å². The van der Waals surface area contributed by atoms with Gasteiger partial charge in [0.2, 0.25) is 5.91 Å². The van der Waals surface area contributed by atoms with Gasteiger partial charge in [0.1, 0.15) is 11.4 Å². The molecule has 160 valence electrons. The summed E-state index contributed by atoms with van der Waals surface area (Å²) in [6, 6.07) is 6.39. The first-order valence-electron chi connectivity index (χ1n) is 9.50. The Hall–Kier alpha value is -2.51. The monoisotopic (exact) mass is 413 g/mol. The van der Waals surface area contributed by atoms with E-state index in [9.17, 15) is 22.8 Å². The Morgan fingerprint density at radius 3 is 2.34 bits per heavy atom. The van der Waals surface area contributed by atoms with Crippen LogP contribution in [0.15, 0.2) is 35.5 Å². The van der Waals surface area contributed by atoms with Crippen LogP contribution in [0.2, 0.25) is 0 Å². The molecule has 1 amide bonds. The normalized spacial score (nSPS) is 17.7. The third-order valence-corrected chi connectivity index (χ3v) is 4.67. The molecule has 1 aliphatic rings. The molecule has 0 spiro atoms. The summed E-state index contributed by atoms with van der Waals surface area (Å²) in [4.78, 5) is 25.9. The van der Waals surface area contributed by atoms with E-state index in [1.165, 1.54) is 14.0 Å². The van der Waals surface area contributed by atoms with E-state index in [1.807, 2.05) is 13.8 Å². The Labute approximate surface area is 168 Å². The largest absolute Gasteiger partial charge is 0.497 e. The average Bonchev–Trinajstić information content (AvgIpc) is 2.62. The van der Waals surface area contributed by atoms with E-state index in [2.05, 4.69) is 0 Å². The standard InChI is InChI=1S/C21H26F3NO4/c1-5-29-20(27)18-15(10-13(2)3)11-17(26)25(19(18)21(22,23)24)12-14-6-8-16(28-4)9-7-14/h6-9,13,15H,5,10-12H2,1-4H3. The zero-order valence-corrected chi connectivity index (χ0v) is 17.0. The summed E-state index contributed by atoms with van der Waals surface area (Å²) in [5, 5.41) is 0. The molecule has 2 rings (SSSR count). The molecular formula is C21H26F3NO4. The zero-order valence-electron chi connectivity index (χ0n) is 17.0. The Bertz CT molecular complexity index is 769. The van der Waals surface area contributed by atoms with Crippen LogP contribution in [-0.2, 0) is 20.9 Å². The Morgan fingerprint density at radius 2 is 1.86 bits per heavy atom. The second-order valence-corrected chi connectivity index (χ2v) is 7.34. The highest BCUT2D eigenvalue weighted by atomic mass is 19.4. The number of nitrogens with zero attached hydrogens (tertiary/aromatic N) is 1. The van der Waals surface area contributed by atoms with Crippen molar-refractivity contribution in [2.24, 2.45) is 11.8 Å². The maximum Gasteiger partial charge on any atom is 0.432 e. The van der Waals surface area contributed by atoms with E-state index < -0.39 is 35.2 Å². The molecule has 1 aliphatic heterocycles. The van der Waals surface area contributed by atoms with Crippen molar-refractivity contribution in [3.8, 4) is 5.75 Å². The van der Waals surface area contributed by atoms with Gasteiger partial charge in [0.15, 0.2) is 0 Å². The summed E-state index contributed by atoms with van der Waals surface area (Å²) < 4.78 is 52.2. The summed E-state index contributed by atoms with van der Waals surface area (Å²) >= 11 is 0. The number of halogens is 3. The molecule has 0 saturated heterocycles. The Kier molecular flexibility index (Phi) is 7.32. The summed E-state index contributed by atoms with van der Waals surface area (Å²) in [5.74, 6) is -1.94. The third kappa shape index (κ3) is 5.52. The van der Waals surface area contributed by atoms with Crippen LogP contribution in [0.3, 0.4) is 0 Å². The molecular weight excluding hydrogens is 387 g/mol. The summed E-state index contributed by atoms with van der Waals surface area (Å²) in [5.41, 5.74) is -1.18. The van der Waals surface area contributed by atoms with Gasteiger partial charge in [0.05, 0.1) is 25.8 Å². The van der Waals surface area contributed by atoms with Gasteiger partial charge in [0.25, 0.3) is 0 Å². The van der Waals surface area contributed by atoms with Gasteiger partial charge >= 0.3 is 12.1 Å². The molecule has 8 heteroatoms. The number of carbonyl (C=O) groups is 2. The lowest BCUT2D eigenvalue weighted by atomic mass is 9.82. The fourth-order valence-corrected chi connectivity index (χ4v) is 3.52. The second-order valence-electron chi connectivity index (χ2n) is 7.34. The fraction of sp³-hybridized carbons (Fsp3) is 0.524. The fourth-order valence-electron chi connectivity index (χ4n) is 3.52. The van der Waals surface area contributed by atoms with E-state index in [0.717, 1.165) is 0 Å². The number of benzene rings is 1. The van der Waals surface area contributed by atoms with E-state index in [0.29, 0.717) is 16.2 Å². The molecule has 0 N–H and O–H groups in total. The van der Waals surface area contributed by atoms with Crippen LogP contribution >= 0.6 is 0 Å². The first-order chi connectivity index (χ1) is 13.6. The molecule has 1 atom stereocenters. The van der Waals surface area contributed by atoms with E-state index in [4.69, 9.17) is 9.47 Å². The van der Waals surface area contributed by atoms with Gasteiger partial charge in [-0.3, -0.25) is 4.79 Å². The Balaban J connectivity index is 2.55. The molecule has 0 fully saturated rings. The minimum atomic E-state index is -4.88. The molecule has 0 radical (unpaired) electrons. The molecule has 0 aliphatic carbocycles. The van der Waals surface area contributed by atoms with E-state index in [1.54, 1.807) is 24.3 Å². The molecule has 5 nitrogen and oxygen atoms in total. The molecule has 1 aromatic carbocycles. The number of amides is 1. The SMILES string of the molecule is CCOC(=O)C1=C(C(F)(F)F)N(Cc2ccc(OC)cc2)C(=O)CC1CC(C)C. The zero-order chi connectivity index (χ0) is 21.8. The van der Waals surface area contributed by atoms with Crippen molar-refractivity contribution in [3.05, 3.63) is 41.1 Å². The van der Waals surface area contributed by atoms with E-state index >= 15 is 0 Å². The van der Waals surface area contributed by atoms with Crippen LogP contribution in [0.1, 0.15) is 39.2 Å². The van der Waals surface area contributed by atoms with Gasteiger partial charge < -0.3 is 14.4 Å². The number of rotatable bonds is 7. The van der Waals surface area contributed by atoms with Crippen LogP contribution in [0, 0.1) is 11.8 Å². The molecule has 0 bridgehead atoms. The Morgan fingerprint density at radius 1 is 1.24 bits per heavy atom. The van der Waals surface area contributed by atoms with Gasteiger partial charge in [-0.1, -0.05) is 26.0 Å².